The van der Waals surface area contributed by atoms with Gasteiger partial charge in [0.2, 0.25) is 15.9 Å². The zero-order valence-corrected chi connectivity index (χ0v) is 17.9. The highest BCUT2D eigenvalue weighted by Gasteiger charge is 2.26. The predicted molar refractivity (Wildman–Crippen MR) is 115 cm³/mol. The van der Waals surface area contributed by atoms with Crippen molar-refractivity contribution in [3.63, 3.8) is 0 Å². The number of anilines is 1. The second-order valence-electron chi connectivity index (χ2n) is 7.53. The van der Waals surface area contributed by atoms with Crippen molar-refractivity contribution < 1.29 is 13.2 Å². The maximum absolute atomic E-state index is 12.6. The fraction of sp³-hybridized carbons (Fsp3) is 0.409. The van der Waals surface area contributed by atoms with Gasteiger partial charge in [-0.2, -0.15) is 4.31 Å². The molecule has 1 aliphatic rings. The van der Waals surface area contributed by atoms with Gasteiger partial charge in [-0.15, -0.1) is 0 Å². The molecule has 6 nitrogen and oxygen atoms in total. The Bertz CT molecular complexity index is 919. The molecule has 1 N–H and O–H groups in total. The van der Waals surface area contributed by atoms with Crippen LogP contribution in [-0.2, 0) is 27.8 Å². The van der Waals surface area contributed by atoms with E-state index in [0.717, 1.165) is 24.8 Å². The van der Waals surface area contributed by atoms with Crippen LogP contribution in [-0.4, -0.2) is 50.2 Å². The molecule has 2 aromatic rings. The Labute approximate surface area is 173 Å². The molecular weight excluding hydrogens is 386 g/mol. The monoisotopic (exact) mass is 415 g/mol. The van der Waals surface area contributed by atoms with Crippen molar-refractivity contribution >= 4 is 21.6 Å². The van der Waals surface area contributed by atoms with Crippen LogP contribution in [0.5, 0.6) is 0 Å². The maximum Gasteiger partial charge on any atom is 0.243 e. The molecule has 0 saturated carbocycles. The summed E-state index contributed by atoms with van der Waals surface area (Å²) in [6, 6.07) is 14.8. The maximum atomic E-state index is 12.6. The molecular formula is C22H29N3O3S. The SMILES string of the molecule is CCc1ccc(CN(C)CC(=O)Nc2ccc(S(=O)(=O)N3CCCC3)cc2)cc1. The lowest BCUT2D eigenvalue weighted by Crippen LogP contribution is -2.30. The van der Waals surface area contributed by atoms with Crippen LogP contribution in [0.25, 0.3) is 0 Å². The fourth-order valence-electron chi connectivity index (χ4n) is 3.48. The molecule has 2 aromatic carbocycles. The molecule has 1 saturated heterocycles. The number of likely N-dealkylation sites (N-methyl/N-ethyl adjacent to an activating group) is 1. The molecule has 0 atom stereocenters. The van der Waals surface area contributed by atoms with E-state index < -0.39 is 10.0 Å². The molecule has 1 heterocycles. The molecule has 1 amide bonds. The first kappa shape index (κ1) is 21.5. The van der Waals surface area contributed by atoms with Crippen LogP contribution in [0.1, 0.15) is 30.9 Å². The van der Waals surface area contributed by atoms with Gasteiger partial charge >= 0.3 is 0 Å². The number of hydrogen-bond acceptors (Lipinski definition) is 4. The van der Waals surface area contributed by atoms with Gasteiger partial charge in [-0.05, 0) is 61.7 Å². The zero-order chi connectivity index (χ0) is 20.9. The summed E-state index contributed by atoms with van der Waals surface area (Å²) in [4.78, 5) is 14.5. The number of aryl methyl sites for hydroxylation is 1. The summed E-state index contributed by atoms with van der Waals surface area (Å²) >= 11 is 0. The van der Waals surface area contributed by atoms with Crippen molar-refractivity contribution in [2.24, 2.45) is 0 Å². The second kappa shape index (κ2) is 9.52. The molecule has 29 heavy (non-hydrogen) atoms. The van der Waals surface area contributed by atoms with Crippen LogP contribution >= 0.6 is 0 Å². The van der Waals surface area contributed by atoms with E-state index in [4.69, 9.17) is 0 Å². The molecule has 1 fully saturated rings. The molecule has 0 radical (unpaired) electrons. The van der Waals surface area contributed by atoms with Crippen molar-refractivity contribution in [1.29, 1.82) is 0 Å². The average molecular weight is 416 g/mol. The smallest absolute Gasteiger partial charge is 0.243 e. The number of carbonyl (C=O) groups excluding carboxylic acids is 1. The zero-order valence-electron chi connectivity index (χ0n) is 17.1. The van der Waals surface area contributed by atoms with Crippen LogP contribution < -0.4 is 5.32 Å². The highest BCUT2D eigenvalue weighted by atomic mass is 32.2. The lowest BCUT2D eigenvalue weighted by atomic mass is 10.1. The molecule has 0 aromatic heterocycles. The van der Waals surface area contributed by atoms with Crippen molar-refractivity contribution in [2.45, 2.75) is 37.6 Å². The summed E-state index contributed by atoms with van der Waals surface area (Å²) in [5, 5.41) is 2.84. The highest BCUT2D eigenvalue weighted by molar-refractivity contribution is 7.89. The number of rotatable bonds is 8. The molecule has 3 rings (SSSR count). The highest BCUT2D eigenvalue weighted by Crippen LogP contribution is 2.22. The van der Waals surface area contributed by atoms with Crippen LogP contribution in [0.3, 0.4) is 0 Å². The van der Waals surface area contributed by atoms with E-state index in [1.54, 1.807) is 24.3 Å². The topological polar surface area (TPSA) is 69.7 Å². The van der Waals surface area contributed by atoms with Gasteiger partial charge in [0.15, 0.2) is 0 Å². The fourth-order valence-corrected chi connectivity index (χ4v) is 5.00. The van der Waals surface area contributed by atoms with E-state index in [0.29, 0.717) is 25.3 Å². The average Bonchev–Trinajstić information content (AvgIpc) is 3.24. The van der Waals surface area contributed by atoms with Crippen molar-refractivity contribution in [1.82, 2.24) is 9.21 Å². The van der Waals surface area contributed by atoms with E-state index in [-0.39, 0.29) is 17.3 Å². The number of amides is 1. The van der Waals surface area contributed by atoms with Gasteiger partial charge in [-0.3, -0.25) is 9.69 Å². The normalized spacial score (nSPS) is 15.0. The largest absolute Gasteiger partial charge is 0.325 e. The van der Waals surface area contributed by atoms with E-state index in [1.807, 2.05) is 11.9 Å². The Morgan fingerprint density at radius 1 is 1.00 bits per heavy atom. The van der Waals surface area contributed by atoms with Crippen molar-refractivity contribution in [3.8, 4) is 0 Å². The minimum Gasteiger partial charge on any atom is -0.325 e. The summed E-state index contributed by atoms with van der Waals surface area (Å²) in [6.07, 6.45) is 2.82. The van der Waals surface area contributed by atoms with Gasteiger partial charge in [-0.25, -0.2) is 8.42 Å². The standard InChI is InChI=1S/C22H29N3O3S/c1-3-18-6-8-19(9-7-18)16-24(2)17-22(26)23-20-10-12-21(13-11-20)29(27,28)25-14-4-5-15-25/h6-13H,3-5,14-17H2,1-2H3,(H,23,26). The molecule has 1 aliphatic heterocycles. The van der Waals surface area contributed by atoms with Crippen LogP contribution in [0.2, 0.25) is 0 Å². The van der Waals surface area contributed by atoms with E-state index in [1.165, 1.54) is 9.87 Å². The minimum atomic E-state index is -3.43. The predicted octanol–water partition coefficient (Wildman–Crippen LogP) is 3.10. The Kier molecular flexibility index (Phi) is 7.05. The van der Waals surface area contributed by atoms with Gasteiger partial charge in [0.1, 0.15) is 0 Å². The van der Waals surface area contributed by atoms with Gasteiger partial charge in [-0.1, -0.05) is 31.2 Å². The summed E-state index contributed by atoms with van der Waals surface area (Å²) < 4.78 is 26.6. The second-order valence-corrected chi connectivity index (χ2v) is 9.46. The van der Waals surface area contributed by atoms with Crippen LogP contribution in [0.15, 0.2) is 53.4 Å². The summed E-state index contributed by atoms with van der Waals surface area (Å²) in [7, 11) is -1.53. The summed E-state index contributed by atoms with van der Waals surface area (Å²) in [5.41, 5.74) is 3.05. The first-order chi connectivity index (χ1) is 13.9. The third-order valence-corrected chi connectivity index (χ3v) is 7.05. The number of hydrogen-bond donors (Lipinski definition) is 1. The number of nitrogens with zero attached hydrogens (tertiary/aromatic N) is 2. The third-order valence-electron chi connectivity index (χ3n) is 5.14. The number of carbonyl (C=O) groups is 1. The first-order valence-corrected chi connectivity index (χ1v) is 11.5. The van der Waals surface area contributed by atoms with Gasteiger partial charge in [0.25, 0.3) is 0 Å². The molecule has 156 valence electrons. The van der Waals surface area contributed by atoms with Crippen LogP contribution in [0.4, 0.5) is 5.69 Å². The van der Waals surface area contributed by atoms with Gasteiger partial charge in [0, 0.05) is 25.3 Å². The lowest BCUT2D eigenvalue weighted by Gasteiger charge is -2.17. The molecule has 0 aliphatic carbocycles. The lowest BCUT2D eigenvalue weighted by molar-refractivity contribution is -0.117. The summed E-state index contributed by atoms with van der Waals surface area (Å²) in [5.74, 6) is -0.132. The number of benzene rings is 2. The van der Waals surface area contributed by atoms with Gasteiger partial charge in [0.05, 0.1) is 11.4 Å². The Balaban J connectivity index is 1.53. The molecule has 7 heteroatoms. The summed E-state index contributed by atoms with van der Waals surface area (Å²) in [6.45, 7) is 4.22. The first-order valence-electron chi connectivity index (χ1n) is 10.0. The minimum absolute atomic E-state index is 0.132. The Morgan fingerprint density at radius 3 is 2.17 bits per heavy atom. The van der Waals surface area contributed by atoms with Crippen molar-refractivity contribution in [3.05, 3.63) is 59.7 Å². The number of nitrogens with one attached hydrogen (secondary N) is 1. The van der Waals surface area contributed by atoms with E-state index in [9.17, 15) is 13.2 Å². The van der Waals surface area contributed by atoms with Crippen LogP contribution in [0, 0.1) is 0 Å². The third kappa shape index (κ3) is 5.65. The molecule has 0 unspecified atom stereocenters. The molecule has 0 spiro atoms. The van der Waals surface area contributed by atoms with Gasteiger partial charge < -0.3 is 5.32 Å². The number of sulfonamides is 1. The Hall–Kier alpha value is -2.22. The molecule has 0 bridgehead atoms. The van der Waals surface area contributed by atoms with Crippen molar-refractivity contribution in [2.75, 3.05) is 32.0 Å². The quantitative estimate of drug-likeness (QED) is 0.719. The van der Waals surface area contributed by atoms with E-state index in [2.05, 4.69) is 36.5 Å². The van der Waals surface area contributed by atoms with E-state index >= 15 is 0 Å². The Morgan fingerprint density at radius 2 is 1.59 bits per heavy atom.